The minimum atomic E-state index is -1.88. The number of aliphatic hydroxyl groups is 1. The molecule has 0 bridgehead atoms. The molecule has 1 aliphatic rings. The van der Waals surface area contributed by atoms with Crippen molar-refractivity contribution in [2.24, 2.45) is 34.0 Å². The van der Waals surface area contributed by atoms with E-state index in [1.54, 1.807) is 27.7 Å². The lowest BCUT2D eigenvalue weighted by Gasteiger charge is -2.31. The molecular formula is C52H86N16O17S. The third kappa shape index (κ3) is 26.8. The molecule has 33 nitrogen and oxygen atoms in total. The third-order valence-corrected chi connectivity index (χ3v) is 13.8. The first-order chi connectivity index (χ1) is 40.3. The van der Waals surface area contributed by atoms with E-state index in [0.717, 1.165) is 4.90 Å². The number of carboxylic acid groups (broad SMARTS) is 3. The number of likely N-dealkylation sites (tertiary alicyclic amines) is 1. The van der Waals surface area contributed by atoms with Crippen molar-refractivity contribution in [3.8, 4) is 0 Å². The summed E-state index contributed by atoms with van der Waals surface area (Å²) < 4.78 is 0. The normalized spacial score (nSPS) is 16.4. The van der Waals surface area contributed by atoms with Crippen LogP contribution in [0.25, 0.3) is 0 Å². The molecule has 1 aromatic heterocycles. The molecule has 0 saturated carbocycles. The number of thioether (sulfide) groups is 1. The Labute approximate surface area is 501 Å². The van der Waals surface area contributed by atoms with Crippen LogP contribution in [0.1, 0.15) is 111 Å². The summed E-state index contributed by atoms with van der Waals surface area (Å²) >= 11 is 1.45. The number of guanidine groups is 1. The molecule has 0 aromatic carbocycles. The molecule has 34 heteroatoms. The van der Waals surface area contributed by atoms with Crippen molar-refractivity contribution in [1.82, 2.24) is 62.7 Å². The first kappa shape index (κ1) is 74.0. The Hall–Kier alpha value is -8.14. The number of carboxylic acids is 3. The highest BCUT2D eigenvalue weighted by Crippen LogP contribution is 2.21. The van der Waals surface area contributed by atoms with Crippen molar-refractivity contribution in [3.63, 3.8) is 0 Å². The standard InChI is InChI=1S/C52H86N16O17S/c1-25(2)18-33(47(80)61-31(10-8-15-57-52(54)55)45(78)64-35(21-40(73)74)44(77)58-23-38(70)60-27(5)42(75)66-36(51(84)85)19-26(3)4)63-46(79)32(12-13-39(71)72)62-48(81)34(20-29-22-56-24-59-29)65-49(82)37-11-9-16-68(37)50(83)41(28(6)69)67-43(76)30(53)14-17-86-7/h22,24-28,30-37,41,69H,8-21,23,53H2,1-7H3,(H,56,59)(H,58,77)(H,60,70)(H,61,80)(H,62,81)(H,63,79)(H,64,78)(H,65,82)(H,66,75)(H,67,76)(H,71,72)(H,73,74)(H,84,85)(H4,54,55,57)/t27-,28+,30-,31-,32-,33-,34-,35-,36-,37-,41-/m0/s1. The highest BCUT2D eigenvalue weighted by molar-refractivity contribution is 7.98. The molecule has 1 saturated heterocycles. The van der Waals surface area contributed by atoms with E-state index in [9.17, 15) is 82.8 Å². The van der Waals surface area contributed by atoms with Gasteiger partial charge in [0.05, 0.1) is 31.4 Å². The first-order valence-electron chi connectivity index (χ1n) is 28.0. The minimum Gasteiger partial charge on any atom is -0.481 e. The van der Waals surface area contributed by atoms with E-state index in [0.29, 0.717) is 17.9 Å². The molecule has 1 fully saturated rings. The predicted molar refractivity (Wildman–Crippen MR) is 309 cm³/mol. The molecule has 86 heavy (non-hydrogen) atoms. The monoisotopic (exact) mass is 1240 g/mol. The highest BCUT2D eigenvalue weighted by atomic mass is 32.2. The van der Waals surface area contributed by atoms with E-state index in [1.165, 1.54) is 38.1 Å². The number of amides is 10. The molecule has 1 aliphatic heterocycles. The molecule has 2 rings (SSSR count). The fourth-order valence-corrected chi connectivity index (χ4v) is 9.21. The summed E-state index contributed by atoms with van der Waals surface area (Å²) in [6.45, 7) is 8.47. The number of rotatable bonds is 39. The van der Waals surface area contributed by atoms with Gasteiger partial charge in [0.15, 0.2) is 5.96 Å². The Kier molecular flexibility index (Phi) is 32.1. The van der Waals surface area contributed by atoms with Crippen LogP contribution < -0.4 is 65.1 Å². The number of nitrogens with two attached hydrogens (primary N) is 3. The van der Waals surface area contributed by atoms with Crippen LogP contribution in [-0.4, -0.2) is 216 Å². The van der Waals surface area contributed by atoms with Crippen molar-refractivity contribution < 1.29 is 82.8 Å². The van der Waals surface area contributed by atoms with Crippen LogP contribution >= 0.6 is 11.8 Å². The number of hydrogen-bond donors (Lipinski definition) is 17. The third-order valence-electron chi connectivity index (χ3n) is 13.2. The average molecular weight is 1240 g/mol. The Morgan fingerprint density at radius 1 is 0.698 bits per heavy atom. The van der Waals surface area contributed by atoms with Gasteiger partial charge in [-0.1, -0.05) is 27.7 Å². The number of nitrogens with zero attached hydrogens (tertiary/aromatic N) is 3. The number of carbonyl (C=O) groups excluding carboxylic acids is 10. The van der Waals surface area contributed by atoms with Gasteiger partial charge in [0, 0.05) is 37.8 Å². The molecule has 11 atom stereocenters. The van der Waals surface area contributed by atoms with E-state index in [-0.39, 0.29) is 75.8 Å². The van der Waals surface area contributed by atoms with Gasteiger partial charge in [0.2, 0.25) is 59.1 Å². The fourth-order valence-electron chi connectivity index (χ4n) is 8.72. The summed E-state index contributed by atoms with van der Waals surface area (Å²) in [5.41, 5.74) is 17.3. The molecular weight excluding hydrogens is 1150 g/mol. The number of aliphatic hydroxyl groups excluding tert-OH is 1. The first-order valence-corrected chi connectivity index (χ1v) is 29.4. The number of aromatic nitrogens is 2. The van der Waals surface area contributed by atoms with E-state index in [2.05, 4.69) is 62.8 Å². The number of aliphatic imine (C=N–C) groups is 1. The molecule has 0 spiro atoms. The maximum Gasteiger partial charge on any atom is 0.326 e. The van der Waals surface area contributed by atoms with Crippen LogP contribution in [0.3, 0.4) is 0 Å². The van der Waals surface area contributed by atoms with E-state index in [1.807, 2.05) is 6.26 Å². The Bertz CT molecular complexity index is 2530. The van der Waals surface area contributed by atoms with Gasteiger partial charge in [-0.3, -0.25) is 62.5 Å². The van der Waals surface area contributed by atoms with Crippen LogP contribution in [0.15, 0.2) is 17.5 Å². The summed E-state index contributed by atoms with van der Waals surface area (Å²) in [5.74, 6) is -14.1. The fraction of sp³-hybridized carbons (Fsp3) is 0.673. The van der Waals surface area contributed by atoms with E-state index in [4.69, 9.17) is 17.2 Å². The van der Waals surface area contributed by atoms with Gasteiger partial charge in [0.25, 0.3) is 0 Å². The molecule has 20 N–H and O–H groups in total. The second-order valence-electron chi connectivity index (χ2n) is 21.5. The molecule has 0 aliphatic carbocycles. The van der Waals surface area contributed by atoms with Gasteiger partial charge >= 0.3 is 17.9 Å². The number of H-pyrrole nitrogens is 1. The number of imidazole rings is 1. The lowest BCUT2D eigenvalue weighted by molar-refractivity contribution is -0.144. The van der Waals surface area contributed by atoms with Gasteiger partial charge in [0.1, 0.15) is 54.4 Å². The van der Waals surface area contributed by atoms with Crippen molar-refractivity contribution in [2.45, 2.75) is 179 Å². The second kappa shape index (κ2) is 37.3. The zero-order valence-electron chi connectivity index (χ0n) is 49.3. The predicted octanol–water partition coefficient (Wildman–Crippen LogP) is -5.01. The minimum absolute atomic E-state index is 0.00705. The zero-order valence-corrected chi connectivity index (χ0v) is 50.2. The quantitative estimate of drug-likeness (QED) is 0.0167. The number of hydrogen-bond acceptors (Lipinski definition) is 18. The van der Waals surface area contributed by atoms with Crippen molar-refractivity contribution in [3.05, 3.63) is 18.2 Å². The Morgan fingerprint density at radius 3 is 1.81 bits per heavy atom. The number of aliphatic carboxylic acids is 3. The molecule has 1 aromatic rings. The largest absolute Gasteiger partial charge is 0.481 e. The van der Waals surface area contributed by atoms with Crippen LogP contribution in [0.2, 0.25) is 0 Å². The maximum atomic E-state index is 14.3. The molecule has 0 radical (unpaired) electrons. The molecule has 10 amide bonds. The topological polar surface area (TPSA) is 533 Å². The maximum absolute atomic E-state index is 14.3. The van der Waals surface area contributed by atoms with Crippen LogP contribution in [0.4, 0.5) is 0 Å². The van der Waals surface area contributed by atoms with Crippen LogP contribution in [0.5, 0.6) is 0 Å². The smallest absolute Gasteiger partial charge is 0.326 e. The van der Waals surface area contributed by atoms with E-state index < -0.39 is 169 Å². The second-order valence-corrected chi connectivity index (χ2v) is 22.5. The Balaban J connectivity index is 2.41. The summed E-state index contributed by atoms with van der Waals surface area (Å²) in [4.78, 5) is 184. The van der Waals surface area contributed by atoms with Crippen LogP contribution in [-0.2, 0) is 68.7 Å². The van der Waals surface area contributed by atoms with E-state index >= 15 is 0 Å². The number of nitrogens with one attached hydrogen (secondary N) is 10. The van der Waals surface area contributed by atoms with Gasteiger partial charge < -0.3 is 95.4 Å². The highest BCUT2D eigenvalue weighted by Gasteiger charge is 2.42. The lowest BCUT2D eigenvalue weighted by atomic mass is 10.0. The van der Waals surface area contributed by atoms with Crippen molar-refractivity contribution >= 4 is 94.7 Å². The summed E-state index contributed by atoms with van der Waals surface area (Å²) in [5, 5.41) is 61.1. The number of carbonyl (C=O) groups is 13. The van der Waals surface area contributed by atoms with Crippen molar-refractivity contribution in [2.75, 3.05) is 31.6 Å². The SMILES string of the molecule is CSCC[C@H](N)C(=O)N[C@H](C(=O)N1CCC[C@H]1C(=O)N[C@@H](Cc1cnc[nH]1)C(=O)N[C@@H](CCC(=O)O)C(=O)N[C@@H](CC(C)C)C(=O)N[C@@H](CCCN=C(N)N)C(=O)N[C@@H](CC(=O)O)C(=O)NCC(=O)N[C@@H](C)C(=O)N[C@@H](CC(C)C)C(=O)O)[C@@H](C)O. The van der Waals surface area contributed by atoms with Crippen LogP contribution in [0, 0.1) is 11.8 Å². The van der Waals surface area contributed by atoms with Crippen molar-refractivity contribution in [1.29, 1.82) is 0 Å². The molecule has 482 valence electrons. The average Bonchev–Trinajstić information content (AvgIpc) is 2.59. The lowest BCUT2D eigenvalue weighted by Crippen LogP contribution is -2.61. The molecule has 2 heterocycles. The van der Waals surface area contributed by atoms with Gasteiger partial charge in [-0.15, -0.1) is 0 Å². The number of aromatic amines is 1. The Morgan fingerprint density at radius 2 is 1.27 bits per heavy atom. The zero-order chi connectivity index (χ0) is 65.0. The summed E-state index contributed by atoms with van der Waals surface area (Å²) in [6.07, 6.45) is 0.856. The summed E-state index contributed by atoms with van der Waals surface area (Å²) in [6, 6.07) is -14.5. The van der Waals surface area contributed by atoms with Gasteiger partial charge in [-0.05, 0) is 89.1 Å². The van der Waals surface area contributed by atoms with Gasteiger partial charge in [-0.25, -0.2) is 9.78 Å². The van der Waals surface area contributed by atoms with Gasteiger partial charge in [-0.2, -0.15) is 11.8 Å². The summed E-state index contributed by atoms with van der Waals surface area (Å²) in [7, 11) is 0. The molecule has 0 unspecified atom stereocenters.